The maximum Gasteiger partial charge on any atom is 0.242 e. The van der Waals surface area contributed by atoms with Crippen molar-refractivity contribution in [2.24, 2.45) is 0 Å². The number of carbonyl (C=O) groups excluding carboxylic acids is 1. The van der Waals surface area contributed by atoms with E-state index in [1.165, 1.54) is 0 Å². The Balaban J connectivity index is 1.68. The van der Waals surface area contributed by atoms with E-state index in [2.05, 4.69) is 5.32 Å². The number of hydrogen-bond donors (Lipinski definition) is 1. The van der Waals surface area contributed by atoms with Crippen LogP contribution in [0.3, 0.4) is 0 Å². The Kier molecular flexibility index (Phi) is 4.75. The molecule has 0 saturated carbocycles. The van der Waals surface area contributed by atoms with Crippen LogP contribution in [0.1, 0.15) is 11.7 Å². The maximum atomic E-state index is 12.5. The van der Waals surface area contributed by atoms with Crippen LogP contribution in [0, 0.1) is 0 Å². The molecule has 0 aromatic heterocycles. The fourth-order valence-electron chi connectivity index (χ4n) is 2.72. The molecular formula is C15H19ClN2O3. The van der Waals surface area contributed by atoms with Crippen molar-refractivity contribution in [3.8, 4) is 0 Å². The molecule has 3 rings (SSSR count). The summed E-state index contributed by atoms with van der Waals surface area (Å²) in [6.07, 6.45) is -0.166. The van der Waals surface area contributed by atoms with Crippen molar-refractivity contribution in [1.29, 1.82) is 0 Å². The van der Waals surface area contributed by atoms with Gasteiger partial charge >= 0.3 is 0 Å². The van der Waals surface area contributed by atoms with Crippen molar-refractivity contribution in [3.63, 3.8) is 0 Å². The lowest BCUT2D eigenvalue weighted by atomic mass is 10.1. The van der Waals surface area contributed by atoms with E-state index in [1.807, 2.05) is 29.2 Å². The first kappa shape index (κ1) is 14.8. The first-order valence-electron chi connectivity index (χ1n) is 7.21. The van der Waals surface area contributed by atoms with Crippen LogP contribution >= 0.6 is 11.6 Å². The molecule has 6 heteroatoms. The predicted octanol–water partition coefficient (Wildman–Crippen LogP) is 1.23. The molecule has 2 fully saturated rings. The minimum atomic E-state index is -0.247. The molecule has 1 aromatic carbocycles. The molecule has 114 valence electrons. The largest absolute Gasteiger partial charge is 0.378 e. The van der Waals surface area contributed by atoms with E-state index in [-0.39, 0.29) is 18.1 Å². The number of halogens is 1. The van der Waals surface area contributed by atoms with Gasteiger partial charge in [0.05, 0.1) is 26.4 Å². The van der Waals surface area contributed by atoms with Crippen LogP contribution in [0.2, 0.25) is 5.02 Å². The van der Waals surface area contributed by atoms with E-state index in [1.54, 1.807) is 0 Å². The van der Waals surface area contributed by atoms with Gasteiger partial charge in [-0.2, -0.15) is 0 Å². The van der Waals surface area contributed by atoms with Crippen molar-refractivity contribution in [2.45, 2.75) is 12.1 Å². The predicted molar refractivity (Wildman–Crippen MR) is 79.3 cm³/mol. The van der Waals surface area contributed by atoms with Crippen LogP contribution in [-0.2, 0) is 14.3 Å². The summed E-state index contributed by atoms with van der Waals surface area (Å²) in [5.41, 5.74) is 0.935. The Hall–Kier alpha value is -1.14. The Bertz CT molecular complexity index is 505. The molecule has 2 heterocycles. The highest BCUT2D eigenvalue weighted by atomic mass is 35.5. The van der Waals surface area contributed by atoms with Crippen molar-refractivity contribution in [1.82, 2.24) is 10.2 Å². The Morgan fingerprint density at radius 1 is 1.33 bits per heavy atom. The summed E-state index contributed by atoms with van der Waals surface area (Å²) in [7, 11) is 0. The molecule has 2 aliphatic rings. The number of nitrogens with one attached hydrogen (secondary N) is 1. The van der Waals surface area contributed by atoms with E-state index >= 15 is 0 Å². The molecule has 0 bridgehead atoms. The molecule has 1 N–H and O–H groups in total. The number of rotatable bonds is 2. The van der Waals surface area contributed by atoms with Gasteiger partial charge in [-0.3, -0.25) is 4.79 Å². The summed E-state index contributed by atoms with van der Waals surface area (Å²) in [5.74, 6) is 0.0788. The third-order valence-electron chi connectivity index (χ3n) is 3.85. The van der Waals surface area contributed by atoms with Crippen LogP contribution in [0.25, 0.3) is 0 Å². The zero-order valence-electron chi connectivity index (χ0n) is 11.8. The summed E-state index contributed by atoms with van der Waals surface area (Å²) in [4.78, 5) is 14.3. The van der Waals surface area contributed by atoms with Gasteiger partial charge in [0.25, 0.3) is 0 Å². The molecule has 0 aliphatic carbocycles. The van der Waals surface area contributed by atoms with Gasteiger partial charge in [0.2, 0.25) is 5.91 Å². The zero-order chi connectivity index (χ0) is 14.7. The average Bonchev–Trinajstić information content (AvgIpc) is 2.55. The summed E-state index contributed by atoms with van der Waals surface area (Å²) >= 11 is 6.22. The number of carbonyl (C=O) groups is 1. The standard InChI is InChI=1S/C15H19ClN2O3/c16-12-4-2-1-3-11(12)14-9-18(6-8-21-14)15(19)13-10-20-7-5-17-13/h1-4,13-14,17H,5-10H2/t13-,14-/m0/s1. The highest BCUT2D eigenvalue weighted by molar-refractivity contribution is 6.31. The lowest BCUT2D eigenvalue weighted by Crippen LogP contribution is -2.55. The first-order valence-corrected chi connectivity index (χ1v) is 7.59. The van der Waals surface area contributed by atoms with Gasteiger partial charge in [-0.1, -0.05) is 29.8 Å². The van der Waals surface area contributed by atoms with Gasteiger partial charge in [-0.15, -0.1) is 0 Å². The van der Waals surface area contributed by atoms with E-state index in [0.717, 1.165) is 5.56 Å². The summed E-state index contributed by atoms with van der Waals surface area (Å²) in [6.45, 7) is 3.48. The lowest BCUT2D eigenvalue weighted by Gasteiger charge is -2.36. The van der Waals surface area contributed by atoms with Gasteiger partial charge in [0.15, 0.2) is 0 Å². The minimum Gasteiger partial charge on any atom is -0.378 e. The summed E-state index contributed by atoms with van der Waals surface area (Å²) in [6, 6.07) is 7.37. The molecule has 21 heavy (non-hydrogen) atoms. The number of benzene rings is 1. The molecule has 2 atom stereocenters. The Morgan fingerprint density at radius 2 is 2.19 bits per heavy atom. The summed E-state index contributed by atoms with van der Waals surface area (Å²) in [5, 5.41) is 3.88. The summed E-state index contributed by atoms with van der Waals surface area (Å²) < 4.78 is 11.1. The second-order valence-corrected chi connectivity index (χ2v) is 5.65. The van der Waals surface area contributed by atoms with Crippen molar-refractivity contribution in [3.05, 3.63) is 34.9 Å². The smallest absolute Gasteiger partial charge is 0.242 e. The van der Waals surface area contributed by atoms with Crippen LogP contribution in [0.5, 0.6) is 0 Å². The quantitative estimate of drug-likeness (QED) is 0.892. The van der Waals surface area contributed by atoms with Crippen molar-refractivity contribution < 1.29 is 14.3 Å². The van der Waals surface area contributed by atoms with Gasteiger partial charge in [0, 0.05) is 23.7 Å². The average molecular weight is 311 g/mol. The topological polar surface area (TPSA) is 50.8 Å². The normalized spacial score (nSPS) is 26.6. The minimum absolute atomic E-state index is 0.0788. The van der Waals surface area contributed by atoms with E-state index in [4.69, 9.17) is 21.1 Å². The second kappa shape index (κ2) is 6.75. The Labute approximate surface area is 129 Å². The van der Waals surface area contributed by atoms with Gasteiger partial charge in [-0.05, 0) is 6.07 Å². The van der Waals surface area contributed by atoms with Crippen LogP contribution in [0.4, 0.5) is 0 Å². The lowest BCUT2D eigenvalue weighted by molar-refractivity contribution is -0.144. The number of nitrogens with zero attached hydrogens (tertiary/aromatic N) is 1. The highest BCUT2D eigenvalue weighted by Crippen LogP contribution is 2.28. The molecule has 0 spiro atoms. The first-order chi connectivity index (χ1) is 10.3. The molecule has 2 saturated heterocycles. The molecular weight excluding hydrogens is 292 g/mol. The number of hydrogen-bond acceptors (Lipinski definition) is 4. The Morgan fingerprint density at radius 3 is 2.95 bits per heavy atom. The monoisotopic (exact) mass is 310 g/mol. The van der Waals surface area contributed by atoms with Crippen molar-refractivity contribution in [2.75, 3.05) is 39.5 Å². The number of morpholine rings is 2. The number of ether oxygens (including phenoxy) is 2. The molecule has 0 radical (unpaired) electrons. The van der Waals surface area contributed by atoms with E-state index in [0.29, 0.717) is 44.5 Å². The fourth-order valence-corrected chi connectivity index (χ4v) is 2.98. The van der Waals surface area contributed by atoms with Crippen molar-refractivity contribution >= 4 is 17.5 Å². The van der Waals surface area contributed by atoms with Crippen LogP contribution in [-0.4, -0.2) is 56.3 Å². The van der Waals surface area contributed by atoms with Gasteiger partial charge in [0.1, 0.15) is 12.1 Å². The maximum absolute atomic E-state index is 12.5. The van der Waals surface area contributed by atoms with E-state index in [9.17, 15) is 4.79 Å². The van der Waals surface area contributed by atoms with Crippen LogP contribution < -0.4 is 5.32 Å². The zero-order valence-corrected chi connectivity index (χ0v) is 12.5. The van der Waals surface area contributed by atoms with Crippen LogP contribution in [0.15, 0.2) is 24.3 Å². The number of amides is 1. The molecule has 2 aliphatic heterocycles. The van der Waals surface area contributed by atoms with E-state index < -0.39 is 0 Å². The third-order valence-corrected chi connectivity index (χ3v) is 4.19. The molecule has 1 amide bonds. The highest BCUT2D eigenvalue weighted by Gasteiger charge is 2.31. The fraction of sp³-hybridized carbons (Fsp3) is 0.533. The van der Waals surface area contributed by atoms with Gasteiger partial charge < -0.3 is 19.7 Å². The SMILES string of the molecule is O=C([C@@H]1COCCN1)N1CCO[C@H](c2ccccc2Cl)C1. The molecule has 1 aromatic rings. The second-order valence-electron chi connectivity index (χ2n) is 5.25. The third kappa shape index (κ3) is 3.37. The molecule has 0 unspecified atom stereocenters. The molecule has 5 nitrogen and oxygen atoms in total. The van der Waals surface area contributed by atoms with Gasteiger partial charge in [-0.25, -0.2) is 0 Å².